The number of hydrogen-bond acceptors (Lipinski definition) is 3. The van der Waals surface area contributed by atoms with Gasteiger partial charge in [-0.1, -0.05) is 97.1 Å². The van der Waals surface area contributed by atoms with Gasteiger partial charge in [0.2, 0.25) is 0 Å². The van der Waals surface area contributed by atoms with Crippen molar-refractivity contribution in [1.29, 1.82) is 5.26 Å². The molecule has 4 aromatic heterocycles. The smallest absolute Gasteiger partial charge is 0.145 e. The quantitative estimate of drug-likeness (QED) is 0.184. The van der Waals surface area contributed by atoms with Crippen LogP contribution in [0.25, 0.3) is 88.8 Å². The Morgan fingerprint density at radius 2 is 1.15 bits per heavy atom. The molecule has 0 aliphatic carbocycles. The van der Waals surface area contributed by atoms with Crippen molar-refractivity contribution >= 4 is 43.7 Å². The Labute approximate surface area is 299 Å². The van der Waals surface area contributed by atoms with Gasteiger partial charge in [-0.15, -0.1) is 0 Å². The zero-order chi connectivity index (χ0) is 34.6. The molecule has 0 atom stereocenters. The standard InChI is InChI=1S/C47H29N5/c48-30-31-11-9-14-34(27-31)42-29-35(32-12-3-1-4-13-32)28-41(50-42)33-20-22-37(23-21-33)52-46-38(39-18-10-26-49-47(39)52)24-25-44-45(46)40-17-7-8-19-43(40)51(44)36-15-5-2-6-16-36/h1-29H. The number of nitriles is 1. The molecule has 0 radical (unpaired) electrons. The van der Waals surface area contributed by atoms with Crippen molar-refractivity contribution in [2.24, 2.45) is 0 Å². The second-order valence-corrected chi connectivity index (χ2v) is 13.0. The third-order valence-electron chi connectivity index (χ3n) is 9.98. The Bertz CT molecular complexity index is 3000. The van der Waals surface area contributed by atoms with Crippen LogP contribution in [0.4, 0.5) is 0 Å². The van der Waals surface area contributed by atoms with Crippen LogP contribution in [-0.4, -0.2) is 19.1 Å². The van der Waals surface area contributed by atoms with Gasteiger partial charge in [0, 0.05) is 50.2 Å². The second-order valence-electron chi connectivity index (χ2n) is 13.0. The maximum atomic E-state index is 9.60. The summed E-state index contributed by atoms with van der Waals surface area (Å²) in [4.78, 5) is 10.1. The summed E-state index contributed by atoms with van der Waals surface area (Å²) in [7, 11) is 0. The van der Waals surface area contributed by atoms with Crippen molar-refractivity contribution in [3.05, 3.63) is 182 Å². The fraction of sp³-hybridized carbons (Fsp3) is 0. The largest absolute Gasteiger partial charge is 0.309 e. The molecule has 52 heavy (non-hydrogen) atoms. The molecule has 0 unspecified atom stereocenters. The van der Waals surface area contributed by atoms with Crippen LogP contribution in [0.2, 0.25) is 0 Å². The SMILES string of the molecule is N#Cc1cccc(-c2cc(-c3ccccc3)cc(-c3ccc(-n4c5ncccc5c5ccc6c(c7ccccc7n6-c6ccccc6)c54)cc3)n2)c1. The van der Waals surface area contributed by atoms with Crippen LogP contribution in [0, 0.1) is 11.3 Å². The highest BCUT2D eigenvalue weighted by Crippen LogP contribution is 2.41. The van der Waals surface area contributed by atoms with Crippen LogP contribution in [0.5, 0.6) is 0 Å². The molecule has 242 valence electrons. The van der Waals surface area contributed by atoms with Crippen molar-refractivity contribution in [2.75, 3.05) is 0 Å². The molecule has 5 nitrogen and oxygen atoms in total. The van der Waals surface area contributed by atoms with Crippen molar-refractivity contribution in [1.82, 2.24) is 19.1 Å². The van der Waals surface area contributed by atoms with E-state index in [0.717, 1.165) is 78.0 Å². The van der Waals surface area contributed by atoms with Crippen LogP contribution in [0.15, 0.2) is 176 Å². The van der Waals surface area contributed by atoms with Crippen LogP contribution < -0.4 is 0 Å². The summed E-state index contributed by atoms with van der Waals surface area (Å²) < 4.78 is 4.67. The van der Waals surface area contributed by atoms with Gasteiger partial charge in [0.1, 0.15) is 5.65 Å². The molecule has 0 bridgehead atoms. The number of hydrogen-bond donors (Lipinski definition) is 0. The number of aromatic nitrogens is 4. The molecular weight excluding hydrogens is 635 g/mol. The van der Waals surface area contributed by atoms with E-state index in [9.17, 15) is 5.26 Å². The molecule has 4 heterocycles. The first-order chi connectivity index (χ1) is 25.7. The van der Waals surface area contributed by atoms with E-state index in [0.29, 0.717) is 5.56 Å². The van der Waals surface area contributed by atoms with E-state index in [-0.39, 0.29) is 0 Å². The molecule has 0 amide bonds. The van der Waals surface area contributed by atoms with Crippen molar-refractivity contribution in [3.63, 3.8) is 0 Å². The van der Waals surface area contributed by atoms with Gasteiger partial charge in [-0.3, -0.25) is 4.57 Å². The number of para-hydroxylation sites is 2. The molecule has 0 aliphatic rings. The number of benzene rings is 6. The summed E-state index contributed by atoms with van der Waals surface area (Å²) in [5.41, 5.74) is 12.9. The molecule has 0 saturated carbocycles. The van der Waals surface area contributed by atoms with Crippen LogP contribution >= 0.6 is 0 Å². The minimum atomic E-state index is 0.608. The van der Waals surface area contributed by atoms with Crippen LogP contribution in [0.1, 0.15) is 5.56 Å². The molecule has 10 rings (SSSR count). The second kappa shape index (κ2) is 11.9. The first-order valence-electron chi connectivity index (χ1n) is 17.3. The van der Waals surface area contributed by atoms with Gasteiger partial charge in [0.05, 0.1) is 39.6 Å². The molecule has 5 heteroatoms. The van der Waals surface area contributed by atoms with Crippen molar-refractivity contribution in [2.45, 2.75) is 0 Å². The third kappa shape index (κ3) is 4.70. The number of fused-ring (bicyclic) bond motifs is 7. The van der Waals surface area contributed by atoms with Crippen molar-refractivity contribution < 1.29 is 0 Å². The molecule has 0 fully saturated rings. The molecule has 0 saturated heterocycles. The van der Waals surface area contributed by atoms with E-state index in [1.165, 1.54) is 10.8 Å². The Kier molecular flexibility index (Phi) is 6.80. The maximum absolute atomic E-state index is 9.60. The summed E-state index contributed by atoms with van der Waals surface area (Å²) in [6, 6.07) is 61.1. The Balaban J connectivity index is 1.19. The van der Waals surface area contributed by atoms with E-state index < -0.39 is 0 Å². The van der Waals surface area contributed by atoms with Crippen LogP contribution in [-0.2, 0) is 0 Å². The topological polar surface area (TPSA) is 59.4 Å². The fourth-order valence-electron chi connectivity index (χ4n) is 7.64. The lowest BCUT2D eigenvalue weighted by Crippen LogP contribution is -1.97. The van der Waals surface area contributed by atoms with E-state index >= 15 is 0 Å². The number of nitrogens with zero attached hydrogens (tertiary/aromatic N) is 5. The maximum Gasteiger partial charge on any atom is 0.145 e. The van der Waals surface area contributed by atoms with E-state index in [1.54, 1.807) is 0 Å². The summed E-state index contributed by atoms with van der Waals surface area (Å²) in [6.07, 6.45) is 1.87. The number of pyridine rings is 2. The highest BCUT2D eigenvalue weighted by molar-refractivity contribution is 6.25. The van der Waals surface area contributed by atoms with Crippen molar-refractivity contribution in [3.8, 4) is 51.1 Å². The first kappa shape index (κ1) is 29.6. The lowest BCUT2D eigenvalue weighted by atomic mass is 9.99. The summed E-state index contributed by atoms with van der Waals surface area (Å²) >= 11 is 0. The predicted molar refractivity (Wildman–Crippen MR) is 212 cm³/mol. The molecular formula is C47H29N5. The molecule has 10 aromatic rings. The third-order valence-corrected chi connectivity index (χ3v) is 9.98. The fourth-order valence-corrected chi connectivity index (χ4v) is 7.64. The van der Waals surface area contributed by atoms with Gasteiger partial charge in [-0.25, -0.2) is 9.97 Å². The zero-order valence-electron chi connectivity index (χ0n) is 28.0. The molecule has 0 aliphatic heterocycles. The average molecular weight is 664 g/mol. The Hall–Kier alpha value is -7.29. The summed E-state index contributed by atoms with van der Waals surface area (Å²) in [5.74, 6) is 0. The van der Waals surface area contributed by atoms with Gasteiger partial charge >= 0.3 is 0 Å². The Morgan fingerprint density at radius 3 is 1.96 bits per heavy atom. The van der Waals surface area contributed by atoms with Gasteiger partial charge < -0.3 is 4.57 Å². The first-order valence-corrected chi connectivity index (χ1v) is 17.3. The summed E-state index contributed by atoms with van der Waals surface area (Å²) in [5, 5.41) is 14.3. The minimum absolute atomic E-state index is 0.608. The molecule has 0 spiro atoms. The highest BCUT2D eigenvalue weighted by Gasteiger charge is 2.21. The monoisotopic (exact) mass is 663 g/mol. The predicted octanol–water partition coefficient (Wildman–Crippen LogP) is 11.5. The van der Waals surface area contributed by atoms with E-state index in [4.69, 9.17) is 9.97 Å². The van der Waals surface area contributed by atoms with Gasteiger partial charge in [0.25, 0.3) is 0 Å². The summed E-state index contributed by atoms with van der Waals surface area (Å²) in [6.45, 7) is 0. The van der Waals surface area contributed by atoms with E-state index in [1.807, 2.05) is 54.7 Å². The number of rotatable bonds is 5. The lowest BCUT2D eigenvalue weighted by Gasteiger charge is -2.12. The van der Waals surface area contributed by atoms with Crippen LogP contribution in [0.3, 0.4) is 0 Å². The lowest BCUT2D eigenvalue weighted by molar-refractivity contribution is 1.14. The molecule has 0 N–H and O–H groups in total. The van der Waals surface area contributed by atoms with Gasteiger partial charge in [0.15, 0.2) is 0 Å². The average Bonchev–Trinajstić information content (AvgIpc) is 3.74. The molecule has 6 aromatic carbocycles. The van der Waals surface area contributed by atoms with Gasteiger partial charge in [-0.2, -0.15) is 5.26 Å². The van der Waals surface area contributed by atoms with Gasteiger partial charge in [-0.05, 0) is 83.9 Å². The zero-order valence-corrected chi connectivity index (χ0v) is 28.0. The Morgan fingerprint density at radius 1 is 0.462 bits per heavy atom. The van der Waals surface area contributed by atoms with E-state index in [2.05, 4.69) is 137 Å². The minimum Gasteiger partial charge on any atom is -0.309 e. The normalized spacial score (nSPS) is 11.4. The highest BCUT2D eigenvalue weighted by atomic mass is 15.1.